The first-order chi connectivity index (χ1) is 11.9. The lowest BCUT2D eigenvalue weighted by Gasteiger charge is -2.14. The molecule has 0 bridgehead atoms. The van der Waals surface area contributed by atoms with Crippen LogP contribution in [0.4, 0.5) is 19.0 Å². The second-order valence-corrected chi connectivity index (χ2v) is 6.62. The molecule has 0 aromatic carbocycles. The predicted molar refractivity (Wildman–Crippen MR) is 88.0 cm³/mol. The summed E-state index contributed by atoms with van der Waals surface area (Å²) in [7, 11) is 2.48. The van der Waals surface area contributed by atoms with Gasteiger partial charge in [-0.05, 0) is 13.0 Å². The van der Waals surface area contributed by atoms with Crippen molar-refractivity contribution in [3.05, 3.63) is 44.4 Å². The van der Waals surface area contributed by atoms with Crippen LogP contribution in [-0.2, 0) is 20.3 Å². The Labute approximate surface area is 148 Å². The molecule has 26 heavy (non-hydrogen) atoms. The smallest absolute Gasteiger partial charge is 0.384 e. The number of anilines is 1. The van der Waals surface area contributed by atoms with Crippen LogP contribution in [0.2, 0.25) is 0 Å². The van der Waals surface area contributed by atoms with Gasteiger partial charge in [0.1, 0.15) is 17.1 Å². The molecular weight excluding hydrogens is 375 g/mol. The second-order valence-electron chi connectivity index (χ2n) is 5.31. The molecule has 0 amide bonds. The number of nitrogens with zero attached hydrogens (tertiary/aromatic N) is 4. The Morgan fingerprint density at radius 3 is 2.46 bits per heavy atom. The van der Waals surface area contributed by atoms with Gasteiger partial charge in [-0.2, -0.15) is 13.2 Å². The molecule has 0 aliphatic rings. The minimum atomic E-state index is -4.65. The highest BCUT2D eigenvalue weighted by atomic mass is 32.2. The van der Waals surface area contributed by atoms with Gasteiger partial charge < -0.3 is 5.73 Å². The van der Waals surface area contributed by atoms with Crippen LogP contribution in [0.1, 0.15) is 23.0 Å². The van der Waals surface area contributed by atoms with Crippen molar-refractivity contribution < 1.29 is 18.0 Å². The molecule has 0 radical (unpaired) electrons. The lowest BCUT2D eigenvalue weighted by molar-refractivity contribution is -0.141. The van der Waals surface area contributed by atoms with Gasteiger partial charge in [-0.3, -0.25) is 18.7 Å². The number of nitrogens with two attached hydrogens (primary N) is 1. The molecule has 2 aromatic rings. The Kier molecular flexibility index (Phi) is 5.26. The Bertz CT molecular complexity index is 983. The second kappa shape index (κ2) is 6.94. The fourth-order valence-corrected chi connectivity index (χ4v) is 2.88. The topological polar surface area (TPSA) is 113 Å². The summed E-state index contributed by atoms with van der Waals surface area (Å²) in [6.45, 7) is 1.38. The first-order valence-electron chi connectivity index (χ1n) is 7.11. The van der Waals surface area contributed by atoms with E-state index in [0.717, 1.165) is 15.3 Å². The number of rotatable bonds is 4. The molecule has 2 rings (SSSR count). The van der Waals surface area contributed by atoms with Crippen molar-refractivity contribution in [1.82, 2.24) is 19.1 Å². The number of nitrogen functional groups attached to an aromatic ring is 1. The van der Waals surface area contributed by atoms with E-state index in [1.807, 2.05) is 0 Å². The molecule has 1 unspecified atom stereocenters. The number of thioether (sulfide) groups is 1. The van der Waals surface area contributed by atoms with Crippen LogP contribution in [-0.4, -0.2) is 30.1 Å². The van der Waals surface area contributed by atoms with Crippen LogP contribution in [0, 0.1) is 0 Å². The van der Waals surface area contributed by atoms with E-state index in [1.165, 1.54) is 21.0 Å². The van der Waals surface area contributed by atoms with Gasteiger partial charge >= 0.3 is 11.9 Å². The average Bonchev–Trinajstić information content (AvgIpc) is 2.57. The zero-order chi connectivity index (χ0) is 19.8. The van der Waals surface area contributed by atoms with Crippen molar-refractivity contribution in [3.63, 3.8) is 0 Å². The van der Waals surface area contributed by atoms with E-state index in [2.05, 4.69) is 9.97 Å². The first kappa shape index (κ1) is 19.7. The van der Waals surface area contributed by atoms with Gasteiger partial charge in [0.25, 0.3) is 5.56 Å². The highest BCUT2D eigenvalue weighted by Crippen LogP contribution is 2.29. The fourth-order valence-electron chi connectivity index (χ4n) is 2.06. The Balaban J connectivity index is 2.38. The molecule has 1 atom stereocenters. The van der Waals surface area contributed by atoms with E-state index in [4.69, 9.17) is 5.73 Å². The van der Waals surface area contributed by atoms with Crippen LogP contribution in [0.3, 0.4) is 0 Å². The number of Topliss-reactive ketones (excluding diaryl/α,β-unsaturated/α-hetero) is 1. The number of carbonyl (C=O) groups excluding carboxylic acids is 1. The molecular formula is C14H14F3N5O3S. The van der Waals surface area contributed by atoms with Crippen LogP contribution in [0.15, 0.2) is 27.0 Å². The lowest BCUT2D eigenvalue weighted by atomic mass is 10.1. The number of ketones is 1. The molecule has 0 fully saturated rings. The van der Waals surface area contributed by atoms with Crippen molar-refractivity contribution in [2.75, 3.05) is 5.73 Å². The summed E-state index contributed by atoms with van der Waals surface area (Å²) >= 11 is 0.647. The fraction of sp³-hybridized carbons (Fsp3) is 0.357. The molecule has 0 saturated heterocycles. The molecule has 2 heterocycles. The maximum absolute atomic E-state index is 12.7. The minimum Gasteiger partial charge on any atom is -0.384 e. The van der Waals surface area contributed by atoms with Crippen LogP contribution in [0.5, 0.6) is 0 Å². The summed E-state index contributed by atoms with van der Waals surface area (Å²) in [6, 6.07) is 0.706. The lowest BCUT2D eigenvalue weighted by Crippen LogP contribution is -2.42. The van der Waals surface area contributed by atoms with Gasteiger partial charge in [-0.1, -0.05) is 11.8 Å². The predicted octanol–water partition coefficient (Wildman–Crippen LogP) is 0.838. The highest BCUT2D eigenvalue weighted by Gasteiger charge is 2.33. The Morgan fingerprint density at radius 1 is 1.27 bits per heavy atom. The summed E-state index contributed by atoms with van der Waals surface area (Å²) in [5.74, 6) is -1.06. The number of aromatic nitrogens is 4. The monoisotopic (exact) mass is 389 g/mol. The summed E-state index contributed by atoms with van der Waals surface area (Å²) < 4.78 is 39.8. The van der Waals surface area contributed by atoms with E-state index in [-0.39, 0.29) is 11.0 Å². The van der Waals surface area contributed by atoms with E-state index >= 15 is 0 Å². The standard InChI is InChI=1S/C14H14F3N5O3S/c1-6(26-12-19-5-4-7(20-12)14(15,16)17)9(23)8-10(18)21(2)13(25)22(3)11(8)24/h4-6H,18H2,1-3H3. The Morgan fingerprint density at radius 2 is 1.88 bits per heavy atom. The van der Waals surface area contributed by atoms with Crippen molar-refractivity contribution in [2.45, 2.75) is 23.5 Å². The number of carbonyl (C=O) groups is 1. The zero-order valence-corrected chi connectivity index (χ0v) is 14.7. The van der Waals surface area contributed by atoms with Crippen LogP contribution < -0.4 is 17.0 Å². The largest absolute Gasteiger partial charge is 0.433 e. The number of halogens is 3. The number of hydrogen-bond acceptors (Lipinski definition) is 7. The van der Waals surface area contributed by atoms with E-state index in [9.17, 15) is 27.6 Å². The number of hydrogen-bond donors (Lipinski definition) is 1. The van der Waals surface area contributed by atoms with Crippen molar-refractivity contribution in [3.8, 4) is 0 Å². The maximum Gasteiger partial charge on any atom is 0.433 e. The van der Waals surface area contributed by atoms with Crippen molar-refractivity contribution in [1.29, 1.82) is 0 Å². The summed E-state index contributed by atoms with van der Waals surface area (Å²) in [6.07, 6.45) is -3.72. The summed E-state index contributed by atoms with van der Waals surface area (Å²) in [4.78, 5) is 43.6. The van der Waals surface area contributed by atoms with E-state index in [0.29, 0.717) is 17.8 Å². The molecule has 0 aliphatic carbocycles. The molecule has 2 N–H and O–H groups in total. The van der Waals surface area contributed by atoms with Gasteiger partial charge in [-0.15, -0.1) is 0 Å². The third-order valence-electron chi connectivity index (χ3n) is 3.53. The quantitative estimate of drug-likeness (QED) is 0.468. The molecule has 0 saturated carbocycles. The third-order valence-corrected chi connectivity index (χ3v) is 4.51. The normalized spacial score (nSPS) is 12.8. The van der Waals surface area contributed by atoms with Crippen molar-refractivity contribution >= 4 is 23.4 Å². The van der Waals surface area contributed by atoms with E-state index < -0.39 is 39.7 Å². The molecule has 2 aromatic heterocycles. The third kappa shape index (κ3) is 3.64. The summed E-state index contributed by atoms with van der Waals surface area (Å²) in [5, 5.41) is -1.29. The first-order valence-corrected chi connectivity index (χ1v) is 7.99. The molecule has 8 nitrogen and oxygen atoms in total. The molecule has 12 heteroatoms. The highest BCUT2D eigenvalue weighted by molar-refractivity contribution is 8.00. The van der Waals surface area contributed by atoms with Crippen molar-refractivity contribution in [2.24, 2.45) is 14.1 Å². The molecule has 0 spiro atoms. The maximum atomic E-state index is 12.7. The van der Waals surface area contributed by atoms with Gasteiger partial charge in [0, 0.05) is 20.3 Å². The Hall–Kier alpha value is -2.63. The van der Waals surface area contributed by atoms with Gasteiger partial charge in [0.15, 0.2) is 10.9 Å². The van der Waals surface area contributed by atoms with E-state index in [1.54, 1.807) is 0 Å². The molecule has 0 aliphatic heterocycles. The van der Waals surface area contributed by atoms with Gasteiger partial charge in [0.2, 0.25) is 0 Å². The number of alkyl halides is 3. The minimum absolute atomic E-state index is 0.277. The average molecular weight is 389 g/mol. The van der Waals surface area contributed by atoms with Gasteiger partial charge in [0.05, 0.1) is 5.25 Å². The van der Waals surface area contributed by atoms with Gasteiger partial charge in [-0.25, -0.2) is 14.8 Å². The summed E-state index contributed by atoms with van der Waals surface area (Å²) in [5.41, 5.74) is 2.56. The SMILES string of the molecule is CC(Sc1nccc(C(F)(F)F)n1)C(=O)c1c(N)n(C)c(=O)n(C)c1=O. The zero-order valence-electron chi connectivity index (χ0n) is 13.9. The van der Waals surface area contributed by atoms with Crippen LogP contribution in [0.25, 0.3) is 0 Å². The van der Waals surface area contributed by atoms with Crippen LogP contribution >= 0.6 is 11.8 Å². The molecule has 140 valence electrons.